The number of carboxylic acids is 1. The fourth-order valence-electron chi connectivity index (χ4n) is 3.50. The number of nitrogens with zero attached hydrogens (tertiary/aromatic N) is 3. The van der Waals surface area contributed by atoms with Gasteiger partial charge < -0.3 is 14.9 Å². The summed E-state index contributed by atoms with van der Waals surface area (Å²) in [7, 11) is 0. The van der Waals surface area contributed by atoms with Crippen molar-refractivity contribution < 1.29 is 14.7 Å². The van der Waals surface area contributed by atoms with Crippen molar-refractivity contribution in [3.63, 3.8) is 0 Å². The Kier molecular flexibility index (Phi) is 8.57. The van der Waals surface area contributed by atoms with Crippen LogP contribution in [0.3, 0.4) is 0 Å². The zero-order valence-electron chi connectivity index (χ0n) is 16.7. The van der Waals surface area contributed by atoms with Crippen molar-refractivity contribution in [3.05, 3.63) is 11.1 Å². The lowest BCUT2D eigenvalue weighted by Gasteiger charge is -2.32. The summed E-state index contributed by atoms with van der Waals surface area (Å²) in [5, 5.41) is 10.5. The number of carboxylic acid groups (broad SMARTS) is 1. The molecule has 1 amide bonds. The van der Waals surface area contributed by atoms with Gasteiger partial charge in [-0.15, -0.1) is 11.3 Å². The van der Waals surface area contributed by atoms with E-state index in [9.17, 15) is 9.59 Å². The van der Waals surface area contributed by atoms with Crippen molar-refractivity contribution >= 4 is 35.0 Å². The van der Waals surface area contributed by atoms with E-state index < -0.39 is 5.97 Å². The molecule has 1 aromatic rings. The third-order valence-electron chi connectivity index (χ3n) is 4.43. The summed E-state index contributed by atoms with van der Waals surface area (Å²) in [6, 6.07) is 0.279. The topological polar surface area (TPSA) is 73.7 Å². The van der Waals surface area contributed by atoms with Gasteiger partial charge in [0.2, 0.25) is 5.91 Å². The van der Waals surface area contributed by atoms with Crippen LogP contribution in [0.1, 0.15) is 51.0 Å². The summed E-state index contributed by atoms with van der Waals surface area (Å²) in [5.74, 6) is 1.20. The molecule has 0 aliphatic carbocycles. The van der Waals surface area contributed by atoms with Crippen LogP contribution in [0.2, 0.25) is 0 Å². The number of likely N-dealkylation sites (tertiary alicyclic amines) is 1. The van der Waals surface area contributed by atoms with Crippen LogP contribution in [-0.4, -0.2) is 69.7 Å². The maximum Gasteiger partial charge on any atom is 0.355 e. The third kappa shape index (κ3) is 7.08. The molecule has 1 fully saturated rings. The number of hydrogen-bond donors (Lipinski definition) is 1. The molecule has 6 nitrogen and oxygen atoms in total. The van der Waals surface area contributed by atoms with Gasteiger partial charge in [0.1, 0.15) is 0 Å². The van der Waals surface area contributed by atoms with E-state index >= 15 is 0 Å². The monoisotopic (exact) mass is 413 g/mol. The summed E-state index contributed by atoms with van der Waals surface area (Å²) >= 11 is 2.87. The number of hydrogen-bond acceptors (Lipinski definition) is 6. The van der Waals surface area contributed by atoms with Gasteiger partial charge in [0.05, 0.1) is 0 Å². The Morgan fingerprint density at radius 2 is 2.04 bits per heavy atom. The highest BCUT2D eigenvalue weighted by Gasteiger charge is 2.32. The second kappa shape index (κ2) is 10.4. The van der Waals surface area contributed by atoms with Crippen LogP contribution in [0.4, 0.5) is 0 Å². The molecule has 0 bridgehead atoms. The van der Waals surface area contributed by atoms with E-state index in [1.807, 2.05) is 4.90 Å². The van der Waals surface area contributed by atoms with Gasteiger partial charge in [0.25, 0.3) is 0 Å². The number of amides is 1. The van der Waals surface area contributed by atoms with E-state index in [0.717, 1.165) is 36.1 Å². The number of carbonyl (C=O) groups excluding carboxylic acids is 1. The second-order valence-corrected chi connectivity index (χ2v) is 10.1. The van der Waals surface area contributed by atoms with Gasteiger partial charge in [0.15, 0.2) is 10.0 Å². The Labute approximate surface area is 170 Å². The predicted octanol–water partition coefficient (Wildman–Crippen LogP) is 3.54. The third-order valence-corrected chi connectivity index (χ3v) is 6.43. The standard InChI is InChI=1S/C19H31N3O3S2/c1-13(2)9-21(10-14(3)4)11-15-5-6-17(23)22(15)7-8-26-19-20-16(12-27-19)18(24)25/h12-15H,5-11H2,1-4H3,(H,24,25). The molecule has 8 heteroatoms. The van der Waals surface area contributed by atoms with Crippen molar-refractivity contribution in [1.29, 1.82) is 0 Å². The molecule has 152 valence electrons. The Hall–Kier alpha value is -1.12. The van der Waals surface area contributed by atoms with E-state index in [2.05, 4.69) is 37.6 Å². The first-order valence-corrected chi connectivity index (χ1v) is 11.5. The van der Waals surface area contributed by atoms with Crippen molar-refractivity contribution in [3.8, 4) is 0 Å². The minimum absolute atomic E-state index is 0.0932. The number of aromatic nitrogens is 1. The number of carbonyl (C=O) groups is 2. The highest BCUT2D eigenvalue weighted by molar-refractivity contribution is 8.01. The van der Waals surface area contributed by atoms with Gasteiger partial charge in [-0.2, -0.15) is 0 Å². The predicted molar refractivity (Wildman–Crippen MR) is 111 cm³/mol. The van der Waals surface area contributed by atoms with E-state index in [4.69, 9.17) is 5.11 Å². The molecule has 2 heterocycles. The molecule has 1 aliphatic rings. The first-order chi connectivity index (χ1) is 12.8. The first kappa shape index (κ1) is 22.2. The molecule has 0 aromatic carbocycles. The average Bonchev–Trinajstić information content (AvgIpc) is 3.15. The fraction of sp³-hybridized carbons (Fsp3) is 0.737. The molecule has 1 saturated heterocycles. The van der Waals surface area contributed by atoms with Crippen molar-refractivity contribution in [2.45, 2.75) is 50.9 Å². The van der Waals surface area contributed by atoms with Crippen LogP contribution in [0.15, 0.2) is 9.72 Å². The van der Waals surface area contributed by atoms with Crippen molar-refractivity contribution in [1.82, 2.24) is 14.8 Å². The van der Waals surface area contributed by atoms with E-state index in [1.54, 1.807) is 5.38 Å². The first-order valence-electron chi connectivity index (χ1n) is 9.59. The van der Waals surface area contributed by atoms with Crippen LogP contribution in [0.5, 0.6) is 0 Å². The number of rotatable bonds is 11. The van der Waals surface area contributed by atoms with Gasteiger partial charge in [-0.05, 0) is 18.3 Å². The molecule has 0 spiro atoms. The zero-order chi connectivity index (χ0) is 20.0. The molecule has 1 atom stereocenters. The van der Waals surface area contributed by atoms with Gasteiger partial charge in [-0.25, -0.2) is 9.78 Å². The Morgan fingerprint density at radius 1 is 1.37 bits per heavy atom. The largest absolute Gasteiger partial charge is 0.476 e. The minimum atomic E-state index is -0.997. The Morgan fingerprint density at radius 3 is 2.59 bits per heavy atom. The van der Waals surface area contributed by atoms with Gasteiger partial charge in [-0.1, -0.05) is 39.5 Å². The van der Waals surface area contributed by atoms with Gasteiger partial charge >= 0.3 is 5.97 Å². The summed E-state index contributed by atoms with van der Waals surface area (Å²) in [6.07, 6.45) is 1.56. The SMILES string of the molecule is CC(C)CN(CC(C)C)CC1CCC(=O)N1CCSc1nc(C(=O)O)cs1. The van der Waals surface area contributed by atoms with Gasteiger partial charge in [0, 0.05) is 49.8 Å². The number of thioether (sulfide) groups is 1. The number of aromatic carboxylic acids is 1. The van der Waals surface area contributed by atoms with E-state index in [1.165, 1.54) is 23.1 Å². The summed E-state index contributed by atoms with van der Waals surface area (Å²) in [6.45, 7) is 12.7. The number of thiazole rings is 1. The molecule has 1 unspecified atom stereocenters. The lowest BCUT2D eigenvalue weighted by Crippen LogP contribution is -2.44. The molecule has 1 aromatic heterocycles. The highest BCUT2D eigenvalue weighted by Crippen LogP contribution is 2.25. The second-order valence-electron chi connectivity index (χ2n) is 7.94. The summed E-state index contributed by atoms with van der Waals surface area (Å²) < 4.78 is 0.747. The summed E-state index contributed by atoms with van der Waals surface area (Å²) in [4.78, 5) is 31.9. The molecule has 0 saturated carbocycles. The molecule has 0 radical (unpaired) electrons. The smallest absolute Gasteiger partial charge is 0.355 e. The average molecular weight is 414 g/mol. The zero-order valence-corrected chi connectivity index (χ0v) is 18.3. The maximum absolute atomic E-state index is 12.4. The van der Waals surface area contributed by atoms with Crippen LogP contribution >= 0.6 is 23.1 Å². The summed E-state index contributed by atoms with van der Waals surface area (Å²) in [5.41, 5.74) is 0.0932. The van der Waals surface area contributed by atoms with Crippen molar-refractivity contribution in [2.75, 3.05) is 31.9 Å². The molecular formula is C19H31N3O3S2. The van der Waals surface area contributed by atoms with Crippen LogP contribution < -0.4 is 0 Å². The van der Waals surface area contributed by atoms with Crippen LogP contribution in [-0.2, 0) is 4.79 Å². The Bertz CT molecular complexity index is 623. The quantitative estimate of drug-likeness (QED) is 0.560. The minimum Gasteiger partial charge on any atom is -0.476 e. The lowest BCUT2D eigenvalue weighted by molar-refractivity contribution is -0.128. The molecule has 2 rings (SSSR count). The Balaban J connectivity index is 1.88. The molecule has 1 aliphatic heterocycles. The van der Waals surface area contributed by atoms with E-state index in [-0.39, 0.29) is 17.6 Å². The molecule has 1 N–H and O–H groups in total. The van der Waals surface area contributed by atoms with Crippen LogP contribution in [0, 0.1) is 11.8 Å². The fourth-order valence-corrected chi connectivity index (χ4v) is 5.31. The van der Waals surface area contributed by atoms with E-state index in [0.29, 0.717) is 24.8 Å². The van der Waals surface area contributed by atoms with Crippen molar-refractivity contribution in [2.24, 2.45) is 11.8 Å². The molecular weight excluding hydrogens is 382 g/mol. The van der Waals surface area contributed by atoms with Gasteiger partial charge in [-0.3, -0.25) is 4.79 Å². The highest BCUT2D eigenvalue weighted by atomic mass is 32.2. The lowest BCUT2D eigenvalue weighted by atomic mass is 10.1. The maximum atomic E-state index is 12.4. The van der Waals surface area contributed by atoms with Crippen LogP contribution in [0.25, 0.3) is 0 Å². The molecule has 27 heavy (non-hydrogen) atoms. The normalized spacial score (nSPS) is 17.7.